The van der Waals surface area contributed by atoms with Gasteiger partial charge in [-0.1, -0.05) is 6.07 Å². The third-order valence-electron chi connectivity index (χ3n) is 4.64. The largest absolute Gasteiger partial charge is 0.364 e. The standard InChI is InChI=1S/C16H18N6O2S/c17-14(23)15-20-10-4-7-22(16(18)24)12(13(10)25-15)9-2-3-11(19-8-9)21-5-1-6-21/h2-3,8,12H,1,4-7H2,(H2,17,23)(H2,18,24). The second-order valence-corrected chi connectivity index (χ2v) is 7.20. The fraction of sp³-hybridized carbons (Fsp3) is 0.375. The molecule has 1 atom stereocenters. The van der Waals surface area contributed by atoms with Crippen LogP contribution in [0.3, 0.4) is 0 Å². The molecule has 4 rings (SSSR count). The first kappa shape index (κ1) is 15.8. The van der Waals surface area contributed by atoms with Crippen LogP contribution in [-0.2, 0) is 6.42 Å². The zero-order valence-corrected chi connectivity index (χ0v) is 14.3. The molecule has 25 heavy (non-hydrogen) atoms. The molecule has 0 radical (unpaired) electrons. The molecule has 0 bridgehead atoms. The first-order valence-electron chi connectivity index (χ1n) is 8.11. The highest BCUT2D eigenvalue weighted by Crippen LogP contribution is 2.38. The number of carbonyl (C=O) groups excluding carboxylic acids is 2. The minimum atomic E-state index is -0.560. The third kappa shape index (κ3) is 2.70. The number of anilines is 1. The zero-order chi connectivity index (χ0) is 17.6. The third-order valence-corrected chi connectivity index (χ3v) is 5.80. The van der Waals surface area contributed by atoms with E-state index in [1.54, 1.807) is 11.1 Å². The van der Waals surface area contributed by atoms with Crippen molar-refractivity contribution in [1.29, 1.82) is 0 Å². The number of nitrogens with two attached hydrogens (primary N) is 2. The molecule has 0 saturated carbocycles. The molecule has 4 N–H and O–H groups in total. The first-order chi connectivity index (χ1) is 12.0. The number of thiazole rings is 1. The number of nitrogens with zero attached hydrogens (tertiary/aromatic N) is 4. The highest BCUT2D eigenvalue weighted by atomic mass is 32.1. The minimum Gasteiger partial charge on any atom is -0.364 e. The zero-order valence-electron chi connectivity index (χ0n) is 13.5. The maximum atomic E-state index is 11.9. The lowest BCUT2D eigenvalue weighted by Gasteiger charge is -2.35. The Balaban J connectivity index is 1.73. The normalized spacial score (nSPS) is 19.3. The smallest absolute Gasteiger partial charge is 0.315 e. The molecule has 1 unspecified atom stereocenters. The van der Waals surface area contributed by atoms with Gasteiger partial charge in [-0.25, -0.2) is 14.8 Å². The van der Waals surface area contributed by atoms with E-state index in [1.165, 1.54) is 17.8 Å². The molecule has 0 aliphatic carbocycles. The van der Waals surface area contributed by atoms with E-state index in [2.05, 4.69) is 14.9 Å². The van der Waals surface area contributed by atoms with Crippen molar-refractivity contribution in [1.82, 2.24) is 14.9 Å². The SMILES string of the molecule is NC(=O)c1nc2c(s1)C(c1ccc(N3CCC3)nc1)N(C(N)=O)CC2. The van der Waals surface area contributed by atoms with Crippen LogP contribution in [0.4, 0.5) is 10.6 Å². The molecule has 1 saturated heterocycles. The summed E-state index contributed by atoms with van der Waals surface area (Å²) in [6.07, 6.45) is 3.51. The summed E-state index contributed by atoms with van der Waals surface area (Å²) in [5.41, 5.74) is 12.6. The van der Waals surface area contributed by atoms with Gasteiger partial charge >= 0.3 is 6.03 Å². The molecule has 2 aromatic heterocycles. The number of aromatic nitrogens is 2. The number of primary amides is 2. The van der Waals surface area contributed by atoms with Gasteiger partial charge < -0.3 is 21.3 Å². The van der Waals surface area contributed by atoms with E-state index >= 15 is 0 Å². The van der Waals surface area contributed by atoms with Crippen LogP contribution in [0.1, 0.15) is 38.4 Å². The summed E-state index contributed by atoms with van der Waals surface area (Å²) in [4.78, 5) is 36.9. The van der Waals surface area contributed by atoms with Gasteiger partial charge in [-0.15, -0.1) is 11.3 Å². The van der Waals surface area contributed by atoms with Crippen molar-refractivity contribution in [3.63, 3.8) is 0 Å². The second-order valence-electron chi connectivity index (χ2n) is 6.17. The summed E-state index contributed by atoms with van der Waals surface area (Å²) in [5, 5.41) is 0.256. The Bertz CT molecular complexity index is 830. The van der Waals surface area contributed by atoms with Gasteiger partial charge in [0.25, 0.3) is 5.91 Å². The number of hydrogen-bond acceptors (Lipinski definition) is 6. The Hall–Kier alpha value is -2.68. The first-order valence-corrected chi connectivity index (χ1v) is 8.92. The average Bonchev–Trinajstić information content (AvgIpc) is 2.97. The van der Waals surface area contributed by atoms with Gasteiger partial charge in [0.15, 0.2) is 5.01 Å². The minimum absolute atomic E-state index is 0.256. The molecule has 130 valence electrons. The quantitative estimate of drug-likeness (QED) is 0.844. The van der Waals surface area contributed by atoms with Gasteiger partial charge in [-0.2, -0.15) is 0 Å². The second kappa shape index (κ2) is 5.99. The molecule has 9 heteroatoms. The Morgan fingerprint density at radius 2 is 2.00 bits per heavy atom. The Kier molecular flexibility index (Phi) is 3.79. The van der Waals surface area contributed by atoms with Crippen LogP contribution in [0, 0.1) is 0 Å². The summed E-state index contributed by atoms with van der Waals surface area (Å²) in [6.45, 7) is 2.48. The molecular weight excluding hydrogens is 340 g/mol. The Labute approximate surface area is 148 Å². The van der Waals surface area contributed by atoms with Gasteiger partial charge in [-0.05, 0) is 18.1 Å². The number of rotatable bonds is 3. The van der Waals surface area contributed by atoms with E-state index in [9.17, 15) is 9.59 Å². The maximum absolute atomic E-state index is 11.9. The van der Waals surface area contributed by atoms with Crippen molar-refractivity contribution in [3.8, 4) is 0 Å². The van der Waals surface area contributed by atoms with Crippen molar-refractivity contribution < 1.29 is 9.59 Å². The van der Waals surface area contributed by atoms with Crippen LogP contribution < -0.4 is 16.4 Å². The van der Waals surface area contributed by atoms with Gasteiger partial charge in [-0.3, -0.25) is 4.79 Å². The molecule has 3 amide bonds. The van der Waals surface area contributed by atoms with Crippen molar-refractivity contribution in [3.05, 3.63) is 39.5 Å². The molecule has 1 fully saturated rings. The average molecular weight is 358 g/mol. The van der Waals surface area contributed by atoms with Crippen LogP contribution in [0.15, 0.2) is 18.3 Å². The monoisotopic (exact) mass is 358 g/mol. The number of pyridine rings is 1. The molecule has 4 heterocycles. The molecular formula is C16H18N6O2S. The van der Waals surface area contributed by atoms with Gasteiger partial charge in [0.1, 0.15) is 5.82 Å². The number of urea groups is 1. The number of fused-ring (bicyclic) bond motifs is 1. The number of hydrogen-bond donors (Lipinski definition) is 2. The lowest BCUT2D eigenvalue weighted by molar-refractivity contribution is 0.0999. The summed E-state index contributed by atoms with van der Waals surface area (Å²) in [6, 6.07) is 3.03. The summed E-state index contributed by atoms with van der Waals surface area (Å²) >= 11 is 1.22. The fourth-order valence-electron chi connectivity index (χ4n) is 3.22. The summed E-state index contributed by atoms with van der Waals surface area (Å²) in [7, 11) is 0. The van der Waals surface area contributed by atoms with Gasteiger partial charge in [0.05, 0.1) is 16.6 Å². The number of amides is 3. The van der Waals surface area contributed by atoms with Crippen molar-refractivity contribution in [2.45, 2.75) is 18.9 Å². The van der Waals surface area contributed by atoms with E-state index < -0.39 is 11.9 Å². The highest BCUT2D eigenvalue weighted by Gasteiger charge is 2.35. The van der Waals surface area contributed by atoms with Crippen molar-refractivity contribution >= 4 is 29.1 Å². The molecule has 0 spiro atoms. The van der Waals surface area contributed by atoms with Crippen LogP contribution in [0.25, 0.3) is 0 Å². The lowest BCUT2D eigenvalue weighted by atomic mass is 9.99. The van der Waals surface area contributed by atoms with Crippen molar-refractivity contribution in [2.24, 2.45) is 11.5 Å². The van der Waals surface area contributed by atoms with E-state index in [0.29, 0.717) is 13.0 Å². The molecule has 2 aromatic rings. The van der Waals surface area contributed by atoms with E-state index in [0.717, 1.165) is 35.0 Å². The van der Waals surface area contributed by atoms with E-state index in [1.807, 2.05) is 12.1 Å². The van der Waals surface area contributed by atoms with Crippen LogP contribution in [-0.4, -0.2) is 46.4 Å². The predicted molar refractivity (Wildman–Crippen MR) is 93.5 cm³/mol. The maximum Gasteiger partial charge on any atom is 0.315 e. The van der Waals surface area contributed by atoms with E-state index in [-0.39, 0.29) is 11.0 Å². The molecule has 2 aliphatic heterocycles. The van der Waals surface area contributed by atoms with Crippen LogP contribution in [0.5, 0.6) is 0 Å². The fourth-order valence-corrected chi connectivity index (χ4v) is 4.32. The molecule has 8 nitrogen and oxygen atoms in total. The number of carbonyl (C=O) groups is 2. The molecule has 2 aliphatic rings. The van der Waals surface area contributed by atoms with E-state index in [4.69, 9.17) is 11.5 Å². The predicted octanol–water partition coefficient (Wildman–Crippen LogP) is 0.873. The van der Waals surface area contributed by atoms with Crippen LogP contribution in [0.2, 0.25) is 0 Å². The van der Waals surface area contributed by atoms with Gasteiger partial charge in [0.2, 0.25) is 0 Å². The highest BCUT2D eigenvalue weighted by molar-refractivity contribution is 7.13. The Morgan fingerprint density at radius 3 is 2.56 bits per heavy atom. The van der Waals surface area contributed by atoms with Crippen LogP contribution >= 0.6 is 11.3 Å². The van der Waals surface area contributed by atoms with Gasteiger partial charge in [0, 0.05) is 32.3 Å². The lowest BCUT2D eigenvalue weighted by Crippen LogP contribution is -2.43. The topological polar surface area (TPSA) is 118 Å². The van der Waals surface area contributed by atoms with Crippen molar-refractivity contribution in [2.75, 3.05) is 24.5 Å². The Morgan fingerprint density at radius 1 is 1.20 bits per heavy atom. The summed E-state index contributed by atoms with van der Waals surface area (Å²) < 4.78 is 0. The summed E-state index contributed by atoms with van der Waals surface area (Å²) in [5.74, 6) is 0.369. The molecule has 0 aromatic carbocycles.